The summed E-state index contributed by atoms with van der Waals surface area (Å²) in [6, 6.07) is 11.6. The normalized spacial score (nSPS) is 13.3. The number of benzene rings is 2. The van der Waals surface area contributed by atoms with Gasteiger partial charge in [0.15, 0.2) is 16.6 Å². The Bertz CT molecular complexity index is 973. The van der Waals surface area contributed by atoms with Gasteiger partial charge in [-0.2, -0.15) is 0 Å². The molecule has 0 radical (unpaired) electrons. The van der Waals surface area contributed by atoms with Crippen molar-refractivity contribution >= 4 is 34.8 Å². The van der Waals surface area contributed by atoms with Crippen LogP contribution in [0.25, 0.3) is 0 Å². The molecule has 0 spiro atoms. The molecule has 3 rings (SSSR count). The van der Waals surface area contributed by atoms with Gasteiger partial charge in [0, 0.05) is 24.2 Å². The fourth-order valence-corrected chi connectivity index (χ4v) is 4.65. The van der Waals surface area contributed by atoms with Crippen LogP contribution in [0.5, 0.6) is 17.2 Å². The van der Waals surface area contributed by atoms with Crippen LogP contribution in [0.1, 0.15) is 36.8 Å². The molecule has 2 aromatic carbocycles. The fourth-order valence-electron chi connectivity index (χ4n) is 4.16. The molecule has 1 aliphatic rings. The largest absolute Gasteiger partial charge is 0.493 e. The fraction of sp³-hybridized carbons (Fsp3) is 0.440. The summed E-state index contributed by atoms with van der Waals surface area (Å²) in [5.74, 6) is 1.60. The Morgan fingerprint density at radius 2 is 1.71 bits per heavy atom. The molecule has 0 bridgehead atoms. The standard InChI is InChI=1S/C25H32ClN3O4S/c1-31-21-12-17(13-22(32-2)24(21)33-3)16-29(19-9-5-6-10-19)25(34)28-15-23(30)27-14-18-8-4-7-11-20(18)26/h4,7-8,11-13,19H,5-6,9-10,14-16H2,1-3H3,(H,27,30)(H,28,34). The van der Waals surface area contributed by atoms with Gasteiger partial charge in [-0.3, -0.25) is 4.79 Å². The molecule has 0 heterocycles. The van der Waals surface area contributed by atoms with Crippen LogP contribution in [-0.4, -0.2) is 49.8 Å². The van der Waals surface area contributed by atoms with Crippen molar-refractivity contribution in [2.45, 2.75) is 44.8 Å². The van der Waals surface area contributed by atoms with E-state index in [4.69, 9.17) is 38.0 Å². The number of nitrogens with one attached hydrogen (secondary N) is 2. The molecule has 7 nitrogen and oxygen atoms in total. The van der Waals surface area contributed by atoms with E-state index in [9.17, 15) is 4.79 Å². The molecule has 34 heavy (non-hydrogen) atoms. The molecule has 184 valence electrons. The second kappa shape index (κ2) is 12.7. The highest BCUT2D eigenvalue weighted by atomic mass is 35.5. The Labute approximate surface area is 211 Å². The van der Waals surface area contributed by atoms with E-state index in [-0.39, 0.29) is 12.5 Å². The number of rotatable bonds is 10. The lowest BCUT2D eigenvalue weighted by molar-refractivity contribution is -0.120. The van der Waals surface area contributed by atoms with Crippen molar-refractivity contribution in [3.05, 3.63) is 52.5 Å². The molecule has 2 N–H and O–H groups in total. The zero-order valence-corrected chi connectivity index (χ0v) is 21.4. The Kier molecular flexibility index (Phi) is 9.65. The SMILES string of the molecule is COc1cc(CN(C(=S)NCC(=O)NCc2ccccc2Cl)C2CCCC2)cc(OC)c1OC. The molecule has 0 atom stereocenters. The lowest BCUT2D eigenvalue weighted by Gasteiger charge is -2.32. The third-order valence-corrected chi connectivity index (χ3v) is 6.69. The summed E-state index contributed by atoms with van der Waals surface area (Å²) in [7, 11) is 4.78. The second-order valence-corrected chi connectivity index (χ2v) is 8.92. The van der Waals surface area contributed by atoms with Gasteiger partial charge in [0.2, 0.25) is 11.7 Å². The Hall–Kier alpha value is -2.71. The zero-order valence-electron chi connectivity index (χ0n) is 19.9. The number of thiocarbonyl (C=S) groups is 1. The third-order valence-electron chi connectivity index (χ3n) is 5.94. The topological polar surface area (TPSA) is 72.1 Å². The average Bonchev–Trinajstić information content (AvgIpc) is 3.39. The lowest BCUT2D eigenvalue weighted by atomic mass is 10.1. The van der Waals surface area contributed by atoms with Crippen LogP contribution in [0.3, 0.4) is 0 Å². The summed E-state index contributed by atoms with van der Waals surface area (Å²) < 4.78 is 16.4. The van der Waals surface area contributed by atoms with Gasteiger partial charge in [0.05, 0.1) is 27.9 Å². The van der Waals surface area contributed by atoms with Gasteiger partial charge in [-0.1, -0.05) is 42.6 Å². The Morgan fingerprint density at radius 3 is 2.29 bits per heavy atom. The molecule has 9 heteroatoms. The lowest BCUT2D eigenvalue weighted by Crippen LogP contribution is -2.47. The van der Waals surface area contributed by atoms with E-state index in [1.54, 1.807) is 27.4 Å². The molecule has 0 aliphatic heterocycles. The first-order valence-electron chi connectivity index (χ1n) is 11.3. The van der Waals surface area contributed by atoms with Crippen molar-refractivity contribution in [1.29, 1.82) is 0 Å². The maximum atomic E-state index is 12.4. The molecule has 2 aromatic rings. The van der Waals surface area contributed by atoms with E-state index in [1.165, 1.54) is 0 Å². The van der Waals surface area contributed by atoms with Crippen LogP contribution >= 0.6 is 23.8 Å². The quantitative estimate of drug-likeness (QED) is 0.466. The van der Waals surface area contributed by atoms with Gasteiger partial charge in [0.1, 0.15) is 0 Å². The maximum absolute atomic E-state index is 12.4. The van der Waals surface area contributed by atoms with Gasteiger partial charge in [-0.15, -0.1) is 0 Å². The highest BCUT2D eigenvalue weighted by Gasteiger charge is 2.26. The summed E-state index contributed by atoms with van der Waals surface area (Å²) in [5.41, 5.74) is 1.85. The highest BCUT2D eigenvalue weighted by Crippen LogP contribution is 2.39. The van der Waals surface area contributed by atoms with Crippen LogP contribution in [-0.2, 0) is 17.9 Å². The van der Waals surface area contributed by atoms with Crippen molar-refractivity contribution in [2.24, 2.45) is 0 Å². The summed E-state index contributed by atoms with van der Waals surface area (Å²) in [6.45, 7) is 1.01. The minimum absolute atomic E-state index is 0.0851. The number of amides is 1. The minimum atomic E-state index is -0.151. The van der Waals surface area contributed by atoms with Crippen molar-refractivity contribution in [2.75, 3.05) is 27.9 Å². The van der Waals surface area contributed by atoms with E-state index in [0.29, 0.717) is 46.5 Å². The van der Waals surface area contributed by atoms with E-state index in [0.717, 1.165) is 36.8 Å². The van der Waals surface area contributed by atoms with Crippen molar-refractivity contribution in [3.8, 4) is 17.2 Å². The molecule has 0 aromatic heterocycles. The second-order valence-electron chi connectivity index (χ2n) is 8.13. The van der Waals surface area contributed by atoms with E-state index < -0.39 is 0 Å². The third kappa shape index (κ3) is 6.67. The minimum Gasteiger partial charge on any atom is -0.493 e. The molecule has 1 fully saturated rings. The van der Waals surface area contributed by atoms with Crippen molar-refractivity contribution in [1.82, 2.24) is 15.5 Å². The first-order chi connectivity index (χ1) is 16.5. The van der Waals surface area contributed by atoms with Crippen LogP contribution in [0, 0.1) is 0 Å². The first kappa shape index (κ1) is 25.9. The molecular formula is C25H32ClN3O4S. The molecule has 1 aliphatic carbocycles. The van der Waals surface area contributed by atoms with E-state index in [2.05, 4.69) is 15.5 Å². The zero-order chi connectivity index (χ0) is 24.5. The molecule has 1 amide bonds. The van der Waals surface area contributed by atoms with Crippen LogP contribution < -0.4 is 24.8 Å². The van der Waals surface area contributed by atoms with Gasteiger partial charge in [-0.05, 0) is 54.4 Å². The number of methoxy groups -OCH3 is 3. The molecule has 0 saturated heterocycles. The molecule has 1 saturated carbocycles. The predicted molar refractivity (Wildman–Crippen MR) is 138 cm³/mol. The van der Waals surface area contributed by atoms with Crippen LogP contribution in [0.2, 0.25) is 5.02 Å². The summed E-state index contributed by atoms with van der Waals surface area (Å²) in [4.78, 5) is 14.6. The molecular weight excluding hydrogens is 474 g/mol. The van der Waals surface area contributed by atoms with Gasteiger partial charge in [0.25, 0.3) is 0 Å². The van der Waals surface area contributed by atoms with Gasteiger partial charge >= 0.3 is 0 Å². The van der Waals surface area contributed by atoms with Crippen LogP contribution in [0.4, 0.5) is 0 Å². The Morgan fingerprint density at radius 1 is 1.06 bits per heavy atom. The maximum Gasteiger partial charge on any atom is 0.239 e. The molecule has 0 unspecified atom stereocenters. The number of carbonyl (C=O) groups excluding carboxylic acids is 1. The predicted octanol–water partition coefficient (Wildman–Crippen LogP) is 4.30. The number of carbonyl (C=O) groups is 1. The van der Waals surface area contributed by atoms with E-state index >= 15 is 0 Å². The monoisotopic (exact) mass is 505 g/mol. The average molecular weight is 506 g/mol. The number of halogens is 1. The van der Waals surface area contributed by atoms with E-state index in [1.807, 2.05) is 30.3 Å². The first-order valence-corrected chi connectivity index (χ1v) is 12.1. The van der Waals surface area contributed by atoms with Gasteiger partial charge < -0.3 is 29.7 Å². The number of hydrogen-bond acceptors (Lipinski definition) is 5. The Balaban J connectivity index is 1.66. The van der Waals surface area contributed by atoms with Crippen molar-refractivity contribution in [3.63, 3.8) is 0 Å². The highest BCUT2D eigenvalue weighted by molar-refractivity contribution is 7.80. The summed E-state index contributed by atoms with van der Waals surface area (Å²) in [5, 5.41) is 7.20. The smallest absolute Gasteiger partial charge is 0.239 e. The van der Waals surface area contributed by atoms with Crippen molar-refractivity contribution < 1.29 is 19.0 Å². The van der Waals surface area contributed by atoms with Crippen LogP contribution in [0.15, 0.2) is 36.4 Å². The summed E-state index contributed by atoms with van der Waals surface area (Å²) >= 11 is 11.9. The number of hydrogen-bond donors (Lipinski definition) is 2. The summed E-state index contributed by atoms with van der Waals surface area (Å²) in [6.07, 6.45) is 4.45. The number of nitrogens with zero attached hydrogens (tertiary/aromatic N) is 1. The number of ether oxygens (including phenoxy) is 3. The van der Waals surface area contributed by atoms with Gasteiger partial charge in [-0.25, -0.2) is 0 Å².